The fraction of sp³-hybridized carbons (Fsp3) is 0.364. The minimum Gasteiger partial charge on any atom is -0.454 e. The van der Waals surface area contributed by atoms with Gasteiger partial charge in [-0.2, -0.15) is 0 Å². The Balaban J connectivity index is 2.25. The summed E-state index contributed by atoms with van der Waals surface area (Å²) in [4.78, 5) is 11.5. The number of ether oxygens (including phenoxy) is 2. The largest absolute Gasteiger partial charge is 0.454 e. The van der Waals surface area contributed by atoms with Crippen molar-refractivity contribution in [3.05, 3.63) is 12.1 Å². The fourth-order valence-corrected chi connectivity index (χ4v) is 1.34. The van der Waals surface area contributed by atoms with Crippen LogP contribution in [0.1, 0.15) is 13.8 Å². The number of carbonyl (C=O) groups excluding carboxylic acids is 1. The van der Waals surface area contributed by atoms with Crippen molar-refractivity contribution in [1.82, 2.24) is 0 Å². The maximum atomic E-state index is 11.5. The van der Waals surface area contributed by atoms with Crippen LogP contribution < -0.4 is 20.5 Å². The number of anilines is 2. The summed E-state index contributed by atoms with van der Waals surface area (Å²) in [6.07, 6.45) is 0. The molecule has 86 valence electrons. The SMILES string of the molecule is CC(C)C(=O)Nc1cc2c(cc1N)OCO2. The van der Waals surface area contributed by atoms with Gasteiger partial charge in [-0.25, -0.2) is 0 Å². The fourth-order valence-electron chi connectivity index (χ4n) is 1.34. The van der Waals surface area contributed by atoms with E-state index in [0.717, 1.165) is 0 Å². The first kappa shape index (κ1) is 10.6. The first-order valence-electron chi connectivity index (χ1n) is 5.08. The van der Waals surface area contributed by atoms with Crippen LogP contribution in [0.4, 0.5) is 11.4 Å². The summed E-state index contributed by atoms with van der Waals surface area (Å²) < 4.78 is 10.4. The highest BCUT2D eigenvalue weighted by Gasteiger charge is 2.17. The highest BCUT2D eigenvalue weighted by Crippen LogP contribution is 2.38. The summed E-state index contributed by atoms with van der Waals surface area (Å²) in [5.74, 6) is 1.05. The Bertz CT molecular complexity index is 429. The van der Waals surface area contributed by atoms with Crippen LogP contribution in [-0.4, -0.2) is 12.7 Å². The van der Waals surface area contributed by atoms with Crippen LogP contribution >= 0.6 is 0 Å². The van der Waals surface area contributed by atoms with Crippen molar-refractivity contribution >= 4 is 17.3 Å². The summed E-state index contributed by atoms with van der Waals surface area (Å²) in [5.41, 5.74) is 6.82. The maximum Gasteiger partial charge on any atom is 0.231 e. The molecule has 3 N–H and O–H groups in total. The lowest BCUT2D eigenvalue weighted by Gasteiger charge is -2.10. The molecule has 1 aliphatic heterocycles. The Kier molecular flexibility index (Phi) is 2.60. The van der Waals surface area contributed by atoms with Crippen molar-refractivity contribution < 1.29 is 14.3 Å². The van der Waals surface area contributed by atoms with E-state index in [2.05, 4.69) is 5.32 Å². The van der Waals surface area contributed by atoms with Gasteiger partial charge in [-0.15, -0.1) is 0 Å². The van der Waals surface area contributed by atoms with E-state index < -0.39 is 0 Å². The molecule has 0 bridgehead atoms. The Labute approximate surface area is 93.5 Å². The zero-order valence-electron chi connectivity index (χ0n) is 9.24. The van der Waals surface area contributed by atoms with E-state index >= 15 is 0 Å². The Hall–Kier alpha value is -1.91. The quantitative estimate of drug-likeness (QED) is 0.745. The third-order valence-electron chi connectivity index (χ3n) is 2.33. The van der Waals surface area contributed by atoms with E-state index in [1.165, 1.54) is 0 Å². The average Bonchev–Trinajstić information content (AvgIpc) is 2.65. The third kappa shape index (κ3) is 1.88. The van der Waals surface area contributed by atoms with Crippen LogP contribution in [-0.2, 0) is 4.79 Å². The topological polar surface area (TPSA) is 73.6 Å². The van der Waals surface area contributed by atoms with Crippen LogP contribution in [0.15, 0.2) is 12.1 Å². The molecular formula is C11H14N2O3. The molecule has 0 radical (unpaired) electrons. The van der Waals surface area contributed by atoms with Crippen LogP contribution in [0.25, 0.3) is 0 Å². The number of nitrogens with two attached hydrogens (primary N) is 1. The van der Waals surface area contributed by atoms with Crippen molar-refractivity contribution in [2.24, 2.45) is 5.92 Å². The second-order valence-corrected chi connectivity index (χ2v) is 3.94. The monoisotopic (exact) mass is 222 g/mol. The molecule has 5 heteroatoms. The molecule has 0 fully saturated rings. The first-order chi connectivity index (χ1) is 7.58. The average molecular weight is 222 g/mol. The predicted octanol–water partition coefficient (Wildman–Crippen LogP) is 1.59. The minimum atomic E-state index is -0.0928. The molecular weight excluding hydrogens is 208 g/mol. The number of carbonyl (C=O) groups is 1. The van der Waals surface area contributed by atoms with Gasteiger partial charge in [0.25, 0.3) is 0 Å². The van der Waals surface area contributed by atoms with Gasteiger partial charge in [0.2, 0.25) is 12.7 Å². The molecule has 1 amide bonds. The number of nitrogen functional groups attached to an aromatic ring is 1. The molecule has 0 aliphatic carbocycles. The van der Waals surface area contributed by atoms with Gasteiger partial charge in [0.15, 0.2) is 11.5 Å². The van der Waals surface area contributed by atoms with Gasteiger partial charge in [-0.3, -0.25) is 4.79 Å². The molecule has 1 aromatic carbocycles. The van der Waals surface area contributed by atoms with E-state index in [1.54, 1.807) is 12.1 Å². The van der Waals surface area contributed by atoms with Crippen molar-refractivity contribution in [1.29, 1.82) is 0 Å². The van der Waals surface area contributed by atoms with E-state index in [-0.39, 0.29) is 18.6 Å². The molecule has 2 rings (SSSR count). The van der Waals surface area contributed by atoms with E-state index in [0.29, 0.717) is 22.9 Å². The lowest BCUT2D eigenvalue weighted by atomic mass is 10.2. The Morgan fingerprint density at radius 3 is 2.62 bits per heavy atom. The molecule has 0 aromatic heterocycles. The maximum absolute atomic E-state index is 11.5. The summed E-state index contributed by atoms with van der Waals surface area (Å²) in [7, 11) is 0. The van der Waals surface area contributed by atoms with E-state index in [9.17, 15) is 4.79 Å². The zero-order chi connectivity index (χ0) is 11.7. The van der Waals surface area contributed by atoms with Gasteiger partial charge in [-0.1, -0.05) is 13.8 Å². The highest BCUT2D eigenvalue weighted by atomic mass is 16.7. The van der Waals surface area contributed by atoms with Crippen LogP contribution in [0.2, 0.25) is 0 Å². The molecule has 0 saturated heterocycles. The first-order valence-corrected chi connectivity index (χ1v) is 5.08. The van der Waals surface area contributed by atoms with Crippen LogP contribution in [0, 0.1) is 5.92 Å². The number of hydrogen-bond acceptors (Lipinski definition) is 4. The predicted molar refractivity (Wildman–Crippen MR) is 60.4 cm³/mol. The molecule has 0 saturated carbocycles. The van der Waals surface area contributed by atoms with Gasteiger partial charge in [0.1, 0.15) is 0 Å². The number of amides is 1. The lowest BCUT2D eigenvalue weighted by molar-refractivity contribution is -0.118. The highest BCUT2D eigenvalue weighted by molar-refractivity contribution is 5.95. The van der Waals surface area contributed by atoms with Gasteiger partial charge in [-0.05, 0) is 0 Å². The molecule has 5 nitrogen and oxygen atoms in total. The third-order valence-corrected chi connectivity index (χ3v) is 2.33. The van der Waals surface area contributed by atoms with E-state index in [4.69, 9.17) is 15.2 Å². The van der Waals surface area contributed by atoms with Crippen molar-refractivity contribution in [2.45, 2.75) is 13.8 Å². The van der Waals surface area contributed by atoms with Crippen molar-refractivity contribution in [2.75, 3.05) is 17.8 Å². The van der Waals surface area contributed by atoms with Crippen LogP contribution in [0.3, 0.4) is 0 Å². The molecule has 0 spiro atoms. The Morgan fingerprint density at radius 1 is 1.38 bits per heavy atom. The molecule has 16 heavy (non-hydrogen) atoms. The molecule has 1 heterocycles. The summed E-state index contributed by atoms with van der Waals surface area (Å²) in [6, 6.07) is 3.33. The number of benzene rings is 1. The summed E-state index contributed by atoms with van der Waals surface area (Å²) >= 11 is 0. The smallest absolute Gasteiger partial charge is 0.231 e. The van der Waals surface area contributed by atoms with Crippen molar-refractivity contribution in [3.8, 4) is 11.5 Å². The van der Waals surface area contributed by atoms with Gasteiger partial charge in [0.05, 0.1) is 11.4 Å². The zero-order valence-corrected chi connectivity index (χ0v) is 9.24. The lowest BCUT2D eigenvalue weighted by Crippen LogP contribution is -2.18. The molecule has 0 unspecified atom stereocenters. The second-order valence-electron chi connectivity index (χ2n) is 3.94. The van der Waals surface area contributed by atoms with Gasteiger partial charge < -0.3 is 20.5 Å². The normalized spacial score (nSPS) is 12.9. The van der Waals surface area contributed by atoms with Crippen LogP contribution in [0.5, 0.6) is 11.5 Å². The number of nitrogens with one attached hydrogen (secondary N) is 1. The van der Waals surface area contributed by atoms with Gasteiger partial charge >= 0.3 is 0 Å². The number of rotatable bonds is 2. The molecule has 1 aliphatic rings. The molecule has 1 aromatic rings. The van der Waals surface area contributed by atoms with Gasteiger partial charge in [0, 0.05) is 18.1 Å². The van der Waals surface area contributed by atoms with E-state index in [1.807, 2.05) is 13.8 Å². The Morgan fingerprint density at radius 2 is 2.00 bits per heavy atom. The minimum absolute atomic E-state index is 0.0782. The standard InChI is InChI=1S/C11H14N2O3/c1-6(2)11(14)13-8-4-10-9(3-7(8)12)15-5-16-10/h3-4,6H,5,12H2,1-2H3,(H,13,14). The summed E-state index contributed by atoms with van der Waals surface area (Å²) in [6.45, 7) is 3.83. The number of hydrogen-bond donors (Lipinski definition) is 2. The second kappa shape index (κ2) is 3.92. The van der Waals surface area contributed by atoms with Crippen molar-refractivity contribution in [3.63, 3.8) is 0 Å². The number of fused-ring (bicyclic) bond motifs is 1. The molecule has 0 atom stereocenters. The summed E-state index contributed by atoms with van der Waals surface area (Å²) in [5, 5.41) is 2.74.